The highest BCUT2D eigenvalue weighted by atomic mass is 79.9. The summed E-state index contributed by atoms with van der Waals surface area (Å²) in [4.78, 5) is 13.4. The van der Waals surface area contributed by atoms with Crippen LogP contribution < -0.4 is 9.47 Å². The van der Waals surface area contributed by atoms with E-state index >= 15 is 0 Å². The number of rotatable bonds is 4. The van der Waals surface area contributed by atoms with E-state index in [0.717, 1.165) is 21.3 Å². The molecule has 2 aliphatic rings. The van der Waals surface area contributed by atoms with E-state index in [9.17, 15) is 4.79 Å². The molecule has 2 atom stereocenters. The minimum atomic E-state index is -0.850. The van der Waals surface area contributed by atoms with Gasteiger partial charge in [0, 0.05) is 27.0 Å². The molecule has 0 fully saturated rings. The molecular weight excluding hydrogens is 480 g/mol. The molecule has 2 aliphatic heterocycles. The molecule has 0 aliphatic carbocycles. The van der Waals surface area contributed by atoms with E-state index in [1.165, 1.54) is 0 Å². The fourth-order valence-corrected chi connectivity index (χ4v) is 4.45. The molecular formula is C24H18BrClN2O3. The number of hydrazone groups is 1. The third-order valence-electron chi connectivity index (χ3n) is 5.53. The average Bonchev–Trinajstić information content (AvgIpc) is 3.24. The van der Waals surface area contributed by atoms with Crippen LogP contribution in [0.3, 0.4) is 0 Å². The Morgan fingerprint density at radius 1 is 1.13 bits per heavy atom. The van der Waals surface area contributed by atoms with Gasteiger partial charge < -0.3 is 9.47 Å². The van der Waals surface area contributed by atoms with Crippen molar-refractivity contribution >= 4 is 39.0 Å². The number of fused-ring (bicyclic) bond motifs is 3. The normalized spacial score (nSPS) is 19.2. The molecule has 7 heteroatoms. The summed E-state index contributed by atoms with van der Waals surface area (Å²) >= 11 is 9.59. The van der Waals surface area contributed by atoms with Crippen molar-refractivity contribution in [2.75, 3.05) is 7.11 Å². The second-order valence-electron chi connectivity index (χ2n) is 7.40. The third-order valence-corrected chi connectivity index (χ3v) is 6.27. The lowest BCUT2D eigenvalue weighted by molar-refractivity contribution is -0.00459. The molecule has 0 saturated carbocycles. The molecule has 0 bridgehead atoms. The molecule has 0 spiro atoms. The van der Waals surface area contributed by atoms with E-state index in [0.29, 0.717) is 28.5 Å². The molecule has 5 rings (SSSR count). The molecule has 2 unspecified atom stereocenters. The van der Waals surface area contributed by atoms with Crippen LogP contribution in [-0.4, -0.2) is 29.8 Å². The molecule has 2 heterocycles. The fraction of sp³-hybridized carbons (Fsp3) is 0.167. The number of nitrogens with zero attached hydrogens (tertiary/aromatic N) is 2. The fourth-order valence-electron chi connectivity index (χ4n) is 3.95. The number of benzene rings is 3. The SMILES string of the molecule is COc1ccc(C(=O)C2Oc3ccc(Br)cc3C3CC(c4ccc(Cl)cc4)=NN23)cc1. The highest BCUT2D eigenvalue weighted by Crippen LogP contribution is 2.44. The second kappa shape index (κ2) is 8.02. The molecule has 0 N–H and O–H groups in total. The maximum absolute atomic E-state index is 13.4. The highest BCUT2D eigenvalue weighted by Gasteiger charge is 2.43. The van der Waals surface area contributed by atoms with Gasteiger partial charge in [0.05, 0.1) is 18.9 Å². The first-order chi connectivity index (χ1) is 15.0. The number of halogens is 2. The molecule has 0 amide bonds. The van der Waals surface area contributed by atoms with Crippen molar-refractivity contribution in [1.29, 1.82) is 0 Å². The first kappa shape index (κ1) is 20.1. The molecule has 156 valence electrons. The number of Topliss-reactive ketones (excluding diaryl/α,β-unsaturated/α-hetero) is 1. The number of ether oxygens (including phenoxy) is 2. The Kier molecular flexibility index (Phi) is 5.20. The maximum atomic E-state index is 13.4. The van der Waals surface area contributed by atoms with Crippen LogP contribution in [0.4, 0.5) is 0 Å². The summed E-state index contributed by atoms with van der Waals surface area (Å²) in [7, 11) is 1.60. The largest absolute Gasteiger partial charge is 0.497 e. The Bertz CT molecular complexity index is 1180. The van der Waals surface area contributed by atoms with Crippen molar-refractivity contribution in [3.05, 3.63) is 92.9 Å². The van der Waals surface area contributed by atoms with Gasteiger partial charge in [-0.05, 0) is 60.2 Å². The first-order valence-electron chi connectivity index (χ1n) is 9.79. The van der Waals surface area contributed by atoms with Crippen molar-refractivity contribution in [1.82, 2.24) is 5.01 Å². The third kappa shape index (κ3) is 3.70. The molecule has 0 saturated heterocycles. The van der Waals surface area contributed by atoms with E-state index < -0.39 is 6.23 Å². The van der Waals surface area contributed by atoms with Gasteiger partial charge in [0.25, 0.3) is 6.23 Å². The summed E-state index contributed by atoms with van der Waals surface area (Å²) in [5.41, 5.74) is 3.41. The Hall–Kier alpha value is -2.83. The number of carbonyl (C=O) groups is 1. The van der Waals surface area contributed by atoms with Crippen molar-refractivity contribution in [2.24, 2.45) is 5.10 Å². The quantitative estimate of drug-likeness (QED) is 0.424. The highest BCUT2D eigenvalue weighted by molar-refractivity contribution is 9.10. The lowest BCUT2D eigenvalue weighted by atomic mass is 9.96. The maximum Gasteiger partial charge on any atom is 0.251 e. The predicted octanol–water partition coefficient (Wildman–Crippen LogP) is 5.86. The van der Waals surface area contributed by atoms with Gasteiger partial charge in [0.15, 0.2) is 0 Å². The number of carbonyl (C=O) groups excluding carboxylic acids is 1. The summed E-state index contributed by atoms with van der Waals surface area (Å²) in [6.45, 7) is 0. The molecule has 0 aromatic heterocycles. The van der Waals surface area contributed by atoms with Gasteiger partial charge in [-0.15, -0.1) is 0 Å². The minimum Gasteiger partial charge on any atom is -0.497 e. The van der Waals surface area contributed by atoms with Crippen molar-refractivity contribution in [2.45, 2.75) is 18.7 Å². The molecule has 0 radical (unpaired) electrons. The summed E-state index contributed by atoms with van der Waals surface area (Å²) in [5, 5.41) is 7.28. The number of methoxy groups -OCH3 is 1. The zero-order chi connectivity index (χ0) is 21.5. The molecule has 5 nitrogen and oxygen atoms in total. The monoisotopic (exact) mass is 496 g/mol. The zero-order valence-corrected chi connectivity index (χ0v) is 18.9. The van der Waals surface area contributed by atoms with Crippen LogP contribution in [0.2, 0.25) is 5.02 Å². The predicted molar refractivity (Wildman–Crippen MR) is 123 cm³/mol. The molecule has 3 aromatic rings. The van der Waals surface area contributed by atoms with Gasteiger partial charge in [-0.25, -0.2) is 5.01 Å². The van der Waals surface area contributed by atoms with Gasteiger partial charge in [0.1, 0.15) is 11.5 Å². The lowest BCUT2D eigenvalue weighted by Gasteiger charge is -2.37. The zero-order valence-electron chi connectivity index (χ0n) is 16.6. The van der Waals surface area contributed by atoms with Crippen LogP contribution in [-0.2, 0) is 0 Å². The second-order valence-corrected chi connectivity index (χ2v) is 8.75. The summed E-state index contributed by atoms with van der Waals surface area (Å²) in [6, 6.07) is 20.4. The minimum absolute atomic E-state index is 0.0980. The summed E-state index contributed by atoms with van der Waals surface area (Å²) in [6.07, 6.45) is -0.183. The van der Waals surface area contributed by atoms with Crippen molar-refractivity contribution < 1.29 is 14.3 Å². The number of hydrogen-bond acceptors (Lipinski definition) is 5. The number of hydrogen-bond donors (Lipinski definition) is 0. The molecule has 31 heavy (non-hydrogen) atoms. The van der Waals surface area contributed by atoms with Crippen LogP contribution >= 0.6 is 27.5 Å². The Morgan fingerprint density at radius 2 is 1.87 bits per heavy atom. The van der Waals surface area contributed by atoms with Gasteiger partial charge in [0.2, 0.25) is 5.78 Å². The van der Waals surface area contributed by atoms with Gasteiger partial charge in [-0.2, -0.15) is 5.10 Å². The van der Waals surface area contributed by atoms with E-state index in [-0.39, 0.29) is 11.8 Å². The van der Waals surface area contributed by atoms with E-state index in [2.05, 4.69) is 15.9 Å². The average molecular weight is 498 g/mol. The van der Waals surface area contributed by atoms with E-state index in [1.54, 1.807) is 36.4 Å². The smallest absolute Gasteiger partial charge is 0.251 e. The Morgan fingerprint density at radius 3 is 2.58 bits per heavy atom. The Labute approximate surface area is 193 Å². The Balaban J connectivity index is 1.55. The van der Waals surface area contributed by atoms with E-state index in [4.69, 9.17) is 26.2 Å². The van der Waals surface area contributed by atoms with Gasteiger partial charge >= 0.3 is 0 Å². The standard InChI is InChI=1S/C24H18BrClN2O3/c1-30-18-9-4-15(5-10-18)23(29)24-28-21(19-12-16(25)6-11-22(19)31-24)13-20(27-28)14-2-7-17(26)8-3-14/h2-12,21,24H,13H2,1H3. The number of ketones is 1. The summed E-state index contributed by atoms with van der Waals surface area (Å²) < 4.78 is 12.3. The van der Waals surface area contributed by atoms with E-state index in [1.807, 2.05) is 42.5 Å². The van der Waals surface area contributed by atoms with Crippen LogP contribution in [0, 0.1) is 0 Å². The van der Waals surface area contributed by atoms with Crippen molar-refractivity contribution in [3.63, 3.8) is 0 Å². The summed E-state index contributed by atoms with van der Waals surface area (Å²) in [5.74, 6) is 1.24. The van der Waals surface area contributed by atoms with Crippen LogP contribution in [0.1, 0.15) is 33.9 Å². The molecule has 3 aromatic carbocycles. The van der Waals surface area contributed by atoms with Gasteiger partial charge in [-0.3, -0.25) is 4.79 Å². The topological polar surface area (TPSA) is 51.1 Å². The van der Waals surface area contributed by atoms with Crippen LogP contribution in [0.5, 0.6) is 11.5 Å². The lowest BCUT2D eigenvalue weighted by Crippen LogP contribution is -2.45. The van der Waals surface area contributed by atoms with Crippen molar-refractivity contribution in [3.8, 4) is 11.5 Å². The van der Waals surface area contributed by atoms with Crippen LogP contribution in [0.15, 0.2) is 76.3 Å². The van der Waals surface area contributed by atoms with Gasteiger partial charge in [-0.1, -0.05) is 39.7 Å². The first-order valence-corrected chi connectivity index (χ1v) is 11.0. The van der Waals surface area contributed by atoms with Crippen LogP contribution in [0.25, 0.3) is 0 Å².